The van der Waals surface area contributed by atoms with Gasteiger partial charge in [-0.2, -0.15) is 0 Å². The van der Waals surface area contributed by atoms with Gasteiger partial charge in [-0.3, -0.25) is 0 Å². The number of ether oxygens (including phenoxy) is 1. The Balaban J connectivity index is 1.97. The van der Waals surface area contributed by atoms with Gasteiger partial charge >= 0.3 is 5.97 Å². The minimum absolute atomic E-state index is 0.323. The summed E-state index contributed by atoms with van der Waals surface area (Å²) in [5.41, 5.74) is 3.14. The number of carbonyl (C=O) groups excluding carboxylic acids is 1. The molecule has 2 heterocycles. The van der Waals surface area contributed by atoms with Crippen molar-refractivity contribution in [2.75, 3.05) is 0 Å². The van der Waals surface area contributed by atoms with E-state index in [2.05, 4.69) is 4.99 Å². The van der Waals surface area contributed by atoms with Gasteiger partial charge in [0.2, 0.25) is 5.90 Å². The molecule has 0 saturated carbocycles. The zero-order valence-electron chi connectivity index (χ0n) is 11.3. The number of rotatable bonds is 2. The third-order valence-corrected chi connectivity index (χ3v) is 3.15. The van der Waals surface area contributed by atoms with Crippen LogP contribution in [-0.2, 0) is 16.6 Å². The minimum atomic E-state index is -0.414. The highest BCUT2D eigenvalue weighted by molar-refractivity contribution is 6.12. The first-order chi connectivity index (χ1) is 9.63. The summed E-state index contributed by atoms with van der Waals surface area (Å²) in [4.78, 5) is 16.2. The SMILES string of the molecule is Cc1cccc(C2=N/C(=C\c3cccn3C)C(=O)O2)c1. The quantitative estimate of drug-likeness (QED) is 0.619. The number of carbonyl (C=O) groups is 1. The highest BCUT2D eigenvalue weighted by atomic mass is 16.6. The second kappa shape index (κ2) is 4.81. The predicted octanol–water partition coefficient (Wildman–Crippen LogP) is 2.68. The fourth-order valence-corrected chi connectivity index (χ4v) is 2.08. The molecule has 3 rings (SSSR count). The van der Waals surface area contributed by atoms with E-state index in [1.54, 1.807) is 6.08 Å². The number of nitrogens with zero attached hydrogens (tertiary/aromatic N) is 2. The number of aromatic nitrogens is 1. The number of aryl methyl sites for hydroxylation is 2. The maximum absolute atomic E-state index is 11.9. The average molecular weight is 266 g/mol. The molecule has 0 bridgehead atoms. The van der Waals surface area contributed by atoms with E-state index < -0.39 is 5.97 Å². The van der Waals surface area contributed by atoms with Crippen molar-refractivity contribution in [1.29, 1.82) is 0 Å². The van der Waals surface area contributed by atoms with Gasteiger partial charge in [0.05, 0.1) is 0 Å². The van der Waals surface area contributed by atoms with Crippen LogP contribution in [0.2, 0.25) is 0 Å². The van der Waals surface area contributed by atoms with Gasteiger partial charge in [0.1, 0.15) is 0 Å². The number of hydrogen-bond acceptors (Lipinski definition) is 3. The Morgan fingerprint density at radius 2 is 2.10 bits per heavy atom. The van der Waals surface area contributed by atoms with Crippen molar-refractivity contribution in [3.05, 3.63) is 65.1 Å². The molecule has 4 nitrogen and oxygen atoms in total. The highest BCUT2D eigenvalue weighted by Crippen LogP contribution is 2.19. The second-order valence-corrected chi connectivity index (χ2v) is 4.75. The van der Waals surface area contributed by atoms with Crippen molar-refractivity contribution < 1.29 is 9.53 Å². The molecule has 1 aromatic heterocycles. The number of hydrogen-bond donors (Lipinski definition) is 0. The summed E-state index contributed by atoms with van der Waals surface area (Å²) in [5, 5.41) is 0. The fourth-order valence-electron chi connectivity index (χ4n) is 2.08. The largest absolute Gasteiger partial charge is 0.402 e. The summed E-state index contributed by atoms with van der Waals surface area (Å²) >= 11 is 0. The molecular formula is C16H14N2O2. The minimum Gasteiger partial charge on any atom is -0.402 e. The molecule has 100 valence electrons. The molecule has 2 aromatic rings. The first-order valence-corrected chi connectivity index (χ1v) is 6.34. The lowest BCUT2D eigenvalue weighted by Gasteiger charge is -1.99. The van der Waals surface area contributed by atoms with Gasteiger partial charge in [0.25, 0.3) is 0 Å². The molecule has 0 saturated heterocycles. The molecule has 20 heavy (non-hydrogen) atoms. The molecule has 1 aliphatic heterocycles. The Labute approximate surface area is 117 Å². The summed E-state index contributed by atoms with van der Waals surface area (Å²) in [6.07, 6.45) is 3.64. The van der Waals surface area contributed by atoms with E-state index in [1.165, 1.54) is 0 Å². The Bertz CT molecular complexity index is 738. The first-order valence-electron chi connectivity index (χ1n) is 6.34. The Kier molecular flexibility index (Phi) is 2.99. The van der Waals surface area contributed by atoms with Crippen LogP contribution in [0.4, 0.5) is 0 Å². The van der Waals surface area contributed by atoms with Crippen molar-refractivity contribution in [2.45, 2.75) is 6.92 Å². The molecule has 1 aromatic carbocycles. The molecule has 0 unspecified atom stereocenters. The summed E-state index contributed by atoms with van der Waals surface area (Å²) in [7, 11) is 1.91. The van der Waals surface area contributed by atoms with E-state index >= 15 is 0 Å². The van der Waals surface area contributed by atoms with Crippen LogP contribution in [0.15, 0.2) is 53.3 Å². The lowest BCUT2D eigenvalue weighted by Crippen LogP contribution is -2.05. The van der Waals surface area contributed by atoms with Gasteiger partial charge < -0.3 is 9.30 Å². The van der Waals surface area contributed by atoms with Gasteiger partial charge in [-0.1, -0.05) is 17.7 Å². The highest BCUT2D eigenvalue weighted by Gasteiger charge is 2.24. The lowest BCUT2D eigenvalue weighted by molar-refractivity contribution is -0.129. The molecule has 0 fully saturated rings. The van der Waals surface area contributed by atoms with E-state index in [1.807, 2.05) is 61.1 Å². The van der Waals surface area contributed by atoms with E-state index in [0.717, 1.165) is 16.8 Å². The van der Waals surface area contributed by atoms with Crippen LogP contribution < -0.4 is 0 Å². The van der Waals surface area contributed by atoms with Crippen LogP contribution in [0.25, 0.3) is 6.08 Å². The van der Waals surface area contributed by atoms with Gasteiger partial charge in [0.15, 0.2) is 5.70 Å². The van der Waals surface area contributed by atoms with E-state index in [9.17, 15) is 4.79 Å². The topological polar surface area (TPSA) is 43.6 Å². The summed E-state index contributed by atoms with van der Waals surface area (Å²) in [5.74, 6) is -0.0538. The van der Waals surface area contributed by atoms with Gasteiger partial charge in [-0.15, -0.1) is 0 Å². The van der Waals surface area contributed by atoms with Crippen molar-refractivity contribution in [3.8, 4) is 0 Å². The molecule has 0 spiro atoms. The Hall–Kier alpha value is -2.62. The van der Waals surface area contributed by atoms with Crippen molar-refractivity contribution in [3.63, 3.8) is 0 Å². The summed E-state index contributed by atoms with van der Waals surface area (Å²) in [6, 6.07) is 11.6. The zero-order chi connectivity index (χ0) is 14.1. The predicted molar refractivity (Wildman–Crippen MR) is 77.2 cm³/mol. The van der Waals surface area contributed by atoms with E-state index in [4.69, 9.17) is 4.74 Å². The van der Waals surface area contributed by atoms with Crippen LogP contribution in [0.1, 0.15) is 16.8 Å². The molecule has 0 aliphatic carbocycles. The van der Waals surface area contributed by atoms with Crippen molar-refractivity contribution in [1.82, 2.24) is 4.57 Å². The number of cyclic esters (lactones) is 1. The summed E-state index contributed by atoms with van der Waals surface area (Å²) < 4.78 is 7.15. The maximum Gasteiger partial charge on any atom is 0.363 e. The van der Waals surface area contributed by atoms with Crippen molar-refractivity contribution >= 4 is 17.9 Å². The molecule has 1 aliphatic rings. The lowest BCUT2D eigenvalue weighted by atomic mass is 10.1. The van der Waals surface area contributed by atoms with Crippen LogP contribution in [-0.4, -0.2) is 16.4 Å². The van der Waals surface area contributed by atoms with E-state index in [-0.39, 0.29) is 0 Å². The van der Waals surface area contributed by atoms with Crippen LogP contribution in [0.5, 0.6) is 0 Å². The van der Waals surface area contributed by atoms with Crippen molar-refractivity contribution in [2.24, 2.45) is 12.0 Å². The standard InChI is InChI=1S/C16H14N2O2/c1-11-5-3-6-12(9-11)15-17-14(16(19)20-15)10-13-7-4-8-18(13)2/h3-10H,1-2H3/b14-10-. The molecule has 0 amide bonds. The third-order valence-electron chi connectivity index (χ3n) is 3.15. The number of aliphatic imine (C=N–C) groups is 1. The van der Waals surface area contributed by atoms with Crippen LogP contribution in [0, 0.1) is 6.92 Å². The summed E-state index contributed by atoms with van der Waals surface area (Å²) in [6.45, 7) is 1.99. The number of benzene rings is 1. The van der Waals surface area contributed by atoms with E-state index in [0.29, 0.717) is 11.6 Å². The van der Waals surface area contributed by atoms with Gasteiger partial charge in [0, 0.05) is 24.5 Å². The third kappa shape index (κ3) is 2.28. The van der Waals surface area contributed by atoms with Gasteiger partial charge in [-0.05, 0) is 37.3 Å². The normalized spacial score (nSPS) is 16.4. The Morgan fingerprint density at radius 3 is 2.80 bits per heavy atom. The molecule has 0 N–H and O–H groups in total. The van der Waals surface area contributed by atoms with Gasteiger partial charge in [-0.25, -0.2) is 9.79 Å². The molecule has 4 heteroatoms. The zero-order valence-corrected chi connectivity index (χ0v) is 11.3. The smallest absolute Gasteiger partial charge is 0.363 e. The fraction of sp³-hybridized carbons (Fsp3) is 0.125. The maximum atomic E-state index is 11.9. The monoisotopic (exact) mass is 266 g/mol. The van der Waals surface area contributed by atoms with Crippen LogP contribution in [0.3, 0.4) is 0 Å². The molecule has 0 radical (unpaired) electrons. The number of esters is 1. The second-order valence-electron chi connectivity index (χ2n) is 4.75. The Morgan fingerprint density at radius 1 is 1.25 bits per heavy atom. The molecular weight excluding hydrogens is 252 g/mol. The first kappa shape index (κ1) is 12.4. The van der Waals surface area contributed by atoms with Crippen LogP contribution >= 0.6 is 0 Å². The average Bonchev–Trinajstić information content (AvgIpc) is 2.98. The molecule has 0 atom stereocenters.